The van der Waals surface area contributed by atoms with Crippen molar-refractivity contribution in [2.75, 3.05) is 6.54 Å². The molecule has 10 heteroatoms. The second kappa shape index (κ2) is 7.29. The molecule has 0 bridgehead atoms. The van der Waals surface area contributed by atoms with Gasteiger partial charge < -0.3 is 15.2 Å². The Kier molecular flexibility index (Phi) is 5.79. The summed E-state index contributed by atoms with van der Waals surface area (Å²) in [7, 11) is -4.14. The molecule has 0 aliphatic carbocycles. The molecular weight excluding hydrogens is 396 g/mol. The van der Waals surface area contributed by atoms with Crippen molar-refractivity contribution in [1.82, 2.24) is 9.62 Å². The van der Waals surface area contributed by atoms with Crippen LogP contribution in [0.4, 0.5) is 4.79 Å². The van der Waals surface area contributed by atoms with Crippen molar-refractivity contribution in [2.24, 2.45) is 0 Å². The summed E-state index contributed by atoms with van der Waals surface area (Å²) < 4.78 is 32.1. The zero-order valence-corrected chi connectivity index (χ0v) is 17.1. The first kappa shape index (κ1) is 21.5. The molecule has 2 atom stereocenters. The van der Waals surface area contributed by atoms with E-state index in [0.29, 0.717) is 0 Å². The standard InChI is InChI=1S/C17H23ClN2O6S/c1-16(2,3)26-15(23)19-12-9-17(4,14(21)22)20(10-12)27(24,25)13-7-5-6-11(18)8-13/h5-8,12H,9-10H2,1-4H3,(H,19,23)(H,21,22)/t12-,17+/m1/s1. The Bertz CT molecular complexity index is 851. The molecule has 1 aromatic rings. The van der Waals surface area contributed by atoms with Crippen LogP contribution in [0, 0.1) is 0 Å². The molecule has 1 amide bonds. The normalized spacial score (nSPS) is 23.8. The molecule has 1 fully saturated rings. The molecule has 0 unspecified atom stereocenters. The van der Waals surface area contributed by atoms with E-state index in [0.717, 1.165) is 4.31 Å². The molecule has 150 valence electrons. The van der Waals surface area contributed by atoms with Gasteiger partial charge in [-0.1, -0.05) is 17.7 Å². The van der Waals surface area contributed by atoms with E-state index in [4.69, 9.17) is 16.3 Å². The Balaban J connectivity index is 2.32. The molecule has 2 N–H and O–H groups in total. The number of carboxylic acids is 1. The number of sulfonamides is 1. The van der Waals surface area contributed by atoms with Crippen molar-refractivity contribution in [3.63, 3.8) is 0 Å². The maximum absolute atomic E-state index is 13.0. The number of hydrogen-bond acceptors (Lipinski definition) is 5. The zero-order valence-electron chi connectivity index (χ0n) is 15.5. The van der Waals surface area contributed by atoms with E-state index in [1.807, 2.05) is 0 Å². The highest BCUT2D eigenvalue weighted by Crippen LogP contribution is 2.35. The summed E-state index contributed by atoms with van der Waals surface area (Å²) in [5, 5.41) is 12.4. The molecule has 0 radical (unpaired) electrons. The van der Waals surface area contributed by atoms with Crippen LogP contribution in [0.15, 0.2) is 29.2 Å². The third-order valence-corrected chi connectivity index (χ3v) is 6.36. The predicted octanol–water partition coefficient (Wildman–Crippen LogP) is 2.47. The van der Waals surface area contributed by atoms with Crippen LogP contribution in [0.25, 0.3) is 0 Å². The van der Waals surface area contributed by atoms with Crippen LogP contribution >= 0.6 is 11.6 Å². The second-order valence-corrected chi connectivity index (χ2v) is 9.92. The summed E-state index contributed by atoms with van der Waals surface area (Å²) >= 11 is 5.88. The zero-order chi connectivity index (χ0) is 20.6. The fraction of sp³-hybridized carbons (Fsp3) is 0.529. The average Bonchev–Trinajstić information content (AvgIpc) is 2.84. The van der Waals surface area contributed by atoms with Gasteiger partial charge in [-0.2, -0.15) is 4.31 Å². The molecule has 1 saturated heterocycles. The monoisotopic (exact) mass is 418 g/mol. The maximum Gasteiger partial charge on any atom is 0.407 e. The highest BCUT2D eigenvalue weighted by molar-refractivity contribution is 7.89. The number of nitrogens with zero attached hydrogens (tertiary/aromatic N) is 1. The number of carboxylic acid groups (broad SMARTS) is 1. The Morgan fingerprint density at radius 2 is 2.00 bits per heavy atom. The average molecular weight is 419 g/mol. The number of hydrogen-bond donors (Lipinski definition) is 2. The Morgan fingerprint density at radius 1 is 1.37 bits per heavy atom. The SMILES string of the molecule is CC(C)(C)OC(=O)N[C@H]1CN(S(=O)(=O)c2cccc(Cl)c2)[C@](C)(C(=O)O)C1. The minimum Gasteiger partial charge on any atom is -0.480 e. The van der Waals surface area contributed by atoms with Gasteiger partial charge in [-0.3, -0.25) is 4.79 Å². The first-order valence-corrected chi connectivity index (χ1v) is 10.1. The highest BCUT2D eigenvalue weighted by atomic mass is 35.5. The highest BCUT2D eigenvalue weighted by Gasteiger charge is 2.54. The number of carbonyl (C=O) groups is 2. The van der Waals surface area contributed by atoms with Crippen molar-refractivity contribution >= 4 is 33.7 Å². The van der Waals surface area contributed by atoms with Gasteiger partial charge in [0.15, 0.2) is 0 Å². The van der Waals surface area contributed by atoms with Crippen LogP contribution in [-0.2, 0) is 19.6 Å². The minimum absolute atomic E-state index is 0.0959. The molecule has 1 aliphatic heterocycles. The smallest absolute Gasteiger partial charge is 0.407 e. The van der Waals surface area contributed by atoms with Gasteiger partial charge in [0, 0.05) is 17.6 Å². The molecule has 1 heterocycles. The lowest BCUT2D eigenvalue weighted by Crippen LogP contribution is -2.50. The summed E-state index contributed by atoms with van der Waals surface area (Å²) in [6.45, 7) is 6.20. The molecule has 1 aliphatic rings. The molecule has 27 heavy (non-hydrogen) atoms. The van der Waals surface area contributed by atoms with Crippen molar-refractivity contribution in [2.45, 2.75) is 56.2 Å². The molecule has 0 aromatic heterocycles. The summed E-state index contributed by atoms with van der Waals surface area (Å²) in [5.41, 5.74) is -2.45. The van der Waals surface area contributed by atoms with Crippen molar-refractivity contribution < 1.29 is 27.9 Å². The van der Waals surface area contributed by atoms with Gasteiger partial charge in [0.25, 0.3) is 0 Å². The van der Waals surface area contributed by atoms with E-state index in [2.05, 4.69) is 5.32 Å². The van der Waals surface area contributed by atoms with Gasteiger partial charge in [-0.25, -0.2) is 13.2 Å². The second-order valence-electron chi connectivity index (χ2n) is 7.62. The Morgan fingerprint density at radius 3 is 2.52 bits per heavy atom. The quantitative estimate of drug-likeness (QED) is 0.776. The van der Waals surface area contributed by atoms with Gasteiger partial charge in [-0.05, 0) is 52.3 Å². The van der Waals surface area contributed by atoms with Crippen LogP contribution in [0.5, 0.6) is 0 Å². The number of alkyl carbamates (subject to hydrolysis) is 1. The van der Waals surface area contributed by atoms with Gasteiger partial charge in [-0.15, -0.1) is 0 Å². The number of rotatable bonds is 4. The van der Waals surface area contributed by atoms with Crippen molar-refractivity contribution in [3.8, 4) is 0 Å². The number of carbonyl (C=O) groups excluding carboxylic acids is 1. The Labute approximate surface area is 163 Å². The molecule has 1 aromatic carbocycles. The lowest BCUT2D eigenvalue weighted by molar-refractivity contribution is -0.146. The van der Waals surface area contributed by atoms with Gasteiger partial charge in [0.05, 0.1) is 4.90 Å². The number of ether oxygens (including phenoxy) is 1. The van der Waals surface area contributed by atoms with Crippen LogP contribution in [-0.4, -0.2) is 53.6 Å². The molecule has 8 nitrogen and oxygen atoms in total. The van der Waals surface area contributed by atoms with Crippen LogP contribution < -0.4 is 5.32 Å². The molecule has 0 saturated carbocycles. The van der Waals surface area contributed by atoms with E-state index in [-0.39, 0.29) is 22.9 Å². The Hall–Kier alpha value is -1.84. The van der Waals surface area contributed by atoms with E-state index in [9.17, 15) is 23.1 Å². The summed E-state index contributed by atoms with van der Waals surface area (Å²) in [6, 6.07) is 4.88. The first-order chi connectivity index (χ1) is 12.3. The summed E-state index contributed by atoms with van der Waals surface area (Å²) in [5.74, 6) is -1.30. The largest absolute Gasteiger partial charge is 0.480 e. The third-order valence-electron chi connectivity index (χ3n) is 4.15. The van der Waals surface area contributed by atoms with Crippen LogP contribution in [0.2, 0.25) is 5.02 Å². The van der Waals surface area contributed by atoms with Crippen molar-refractivity contribution in [3.05, 3.63) is 29.3 Å². The third kappa shape index (κ3) is 4.72. The topological polar surface area (TPSA) is 113 Å². The van der Waals surface area contributed by atoms with E-state index >= 15 is 0 Å². The minimum atomic E-state index is -4.14. The molecular formula is C17H23ClN2O6S. The number of amides is 1. The molecule has 2 rings (SSSR count). The number of nitrogens with one attached hydrogen (secondary N) is 1. The summed E-state index contributed by atoms with van der Waals surface area (Å²) in [6.07, 6.45) is -0.830. The fourth-order valence-electron chi connectivity index (χ4n) is 2.93. The van der Waals surface area contributed by atoms with E-state index in [1.165, 1.54) is 31.2 Å². The van der Waals surface area contributed by atoms with E-state index in [1.54, 1.807) is 20.8 Å². The number of benzene rings is 1. The van der Waals surface area contributed by atoms with Gasteiger partial charge in [0.2, 0.25) is 10.0 Å². The van der Waals surface area contributed by atoms with Gasteiger partial charge >= 0.3 is 12.1 Å². The summed E-state index contributed by atoms with van der Waals surface area (Å²) in [4.78, 5) is 23.8. The number of aliphatic carboxylic acids is 1. The lowest BCUT2D eigenvalue weighted by atomic mass is 9.99. The fourth-order valence-corrected chi connectivity index (χ4v) is 5.03. The van der Waals surface area contributed by atoms with E-state index < -0.39 is 39.3 Å². The first-order valence-electron chi connectivity index (χ1n) is 8.27. The van der Waals surface area contributed by atoms with Crippen LogP contribution in [0.1, 0.15) is 34.1 Å². The lowest BCUT2D eigenvalue weighted by Gasteiger charge is -2.29. The number of halogens is 1. The maximum atomic E-state index is 13.0. The van der Waals surface area contributed by atoms with Gasteiger partial charge in [0.1, 0.15) is 11.1 Å². The van der Waals surface area contributed by atoms with Crippen molar-refractivity contribution in [1.29, 1.82) is 0 Å². The van der Waals surface area contributed by atoms with Crippen LogP contribution in [0.3, 0.4) is 0 Å². The predicted molar refractivity (Wildman–Crippen MR) is 99.2 cm³/mol. The molecule has 0 spiro atoms.